The maximum absolute atomic E-state index is 14.3. The van der Waals surface area contributed by atoms with E-state index in [0.29, 0.717) is 26.0 Å². The summed E-state index contributed by atoms with van der Waals surface area (Å²) >= 11 is 0. The summed E-state index contributed by atoms with van der Waals surface area (Å²) in [6.45, 7) is 17.7. The van der Waals surface area contributed by atoms with Gasteiger partial charge < -0.3 is 28.3 Å². The highest BCUT2D eigenvalue weighted by molar-refractivity contribution is 6.99. The van der Waals surface area contributed by atoms with Crippen molar-refractivity contribution in [2.45, 2.75) is 129 Å². The number of rotatable bonds is 21. The van der Waals surface area contributed by atoms with Gasteiger partial charge in [0, 0.05) is 26.8 Å². The van der Waals surface area contributed by atoms with E-state index < -0.39 is 56.2 Å². The molecule has 10 heteroatoms. The Bertz CT molecular complexity index is 1910. The van der Waals surface area contributed by atoms with E-state index in [2.05, 4.69) is 106 Å². The minimum absolute atomic E-state index is 0.148. The number of carbonyl (C=O) groups is 3. The molecule has 0 radical (unpaired) electrons. The predicted molar refractivity (Wildman–Crippen MR) is 243 cm³/mol. The highest BCUT2D eigenvalue weighted by Gasteiger charge is 2.50. The SMILES string of the molecule is CN(CCCCCc1ccc2ccccc2c1)C(=O)[C@H](OCCCCO[Si](c1ccccc1)(c1ccccc1)C(C)(C)C)[C@@H](OCC(=O)OC(C)(C)C)C(=O)OC(C)(C)C. The number of amides is 1. The van der Waals surface area contributed by atoms with Crippen LogP contribution >= 0.6 is 0 Å². The van der Waals surface area contributed by atoms with Crippen molar-refractivity contribution in [3.05, 3.63) is 109 Å². The molecule has 0 unspecified atom stereocenters. The van der Waals surface area contributed by atoms with E-state index >= 15 is 0 Å². The van der Waals surface area contributed by atoms with Crippen LogP contribution < -0.4 is 10.4 Å². The fourth-order valence-corrected chi connectivity index (χ4v) is 12.0. The molecule has 0 saturated heterocycles. The Labute approximate surface area is 360 Å². The van der Waals surface area contributed by atoms with Crippen molar-refractivity contribution in [2.75, 3.05) is 33.4 Å². The van der Waals surface area contributed by atoms with Crippen molar-refractivity contribution in [1.29, 1.82) is 0 Å². The zero-order valence-corrected chi connectivity index (χ0v) is 38.8. The molecule has 1 amide bonds. The van der Waals surface area contributed by atoms with Crippen molar-refractivity contribution in [3.8, 4) is 0 Å². The first-order valence-electron chi connectivity index (χ1n) is 21.5. The number of esters is 2. The van der Waals surface area contributed by atoms with Gasteiger partial charge in [-0.25, -0.2) is 9.59 Å². The Balaban J connectivity index is 1.46. The van der Waals surface area contributed by atoms with Crippen LogP contribution in [0.2, 0.25) is 5.04 Å². The zero-order valence-electron chi connectivity index (χ0n) is 37.8. The van der Waals surface area contributed by atoms with Crippen LogP contribution in [0.25, 0.3) is 10.8 Å². The normalized spacial score (nSPS) is 13.4. The number of aryl methyl sites for hydroxylation is 1. The third kappa shape index (κ3) is 14.4. The number of unbranched alkanes of at least 4 members (excludes halogenated alkanes) is 3. The lowest BCUT2D eigenvalue weighted by atomic mass is 10.0. The lowest BCUT2D eigenvalue weighted by molar-refractivity contribution is -0.189. The molecule has 4 aromatic carbocycles. The summed E-state index contributed by atoms with van der Waals surface area (Å²) in [6.07, 6.45) is 1.91. The largest absolute Gasteiger partial charge is 0.458 e. The molecular weight excluding hydrogens is 771 g/mol. The van der Waals surface area contributed by atoms with Gasteiger partial charge in [-0.2, -0.15) is 0 Å². The molecule has 0 aliphatic rings. The summed E-state index contributed by atoms with van der Waals surface area (Å²) < 4.78 is 30.5. The van der Waals surface area contributed by atoms with Crippen molar-refractivity contribution < 1.29 is 37.8 Å². The number of ether oxygens (including phenoxy) is 4. The van der Waals surface area contributed by atoms with Crippen molar-refractivity contribution in [3.63, 3.8) is 0 Å². The van der Waals surface area contributed by atoms with Crippen LogP contribution in [-0.2, 0) is 44.2 Å². The van der Waals surface area contributed by atoms with Crippen LogP contribution in [0, 0.1) is 0 Å². The molecular formula is C50H69NO8Si. The number of nitrogens with zero attached hydrogens (tertiary/aromatic N) is 1. The first kappa shape index (κ1) is 48.3. The van der Waals surface area contributed by atoms with Crippen molar-refractivity contribution in [1.82, 2.24) is 4.90 Å². The van der Waals surface area contributed by atoms with Crippen LogP contribution in [0.15, 0.2) is 103 Å². The topological polar surface area (TPSA) is 101 Å². The number of likely N-dealkylation sites (N-methyl/N-ethyl adjacent to an activating group) is 1. The van der Waals surface area contributed by atoms with Gasteiger partial charge in [0.15, 0.2) is 12.2 Å². The number of fused-ring (bicyclic) bond motifs is 1. The second-order valence-corrected chi connectivity index (χ2v) is 22.9. The molecule has 0 saturated carbocycles. The summed E-state index contributed by atoms with van der Waals surface area (Å²) in [4.78, 5) is 42.5. The van der Waals surface area contributed by atoms with E-state index in [1.165, 1.54) is 26.7 Å². The van der Waals surface area contributed by atoms with Gasteiger partial charge in [0.1, 0.15) is 17.8 Å². The fraction of sp³-hybridized carbons (Fsp3) is 0.500. The van der Waals surface area contributed by atoms with Crippen LogP contribution in [0.3, 0.4) is 0 Å². The number of carbonyl (C=O) groups excluding carboxylic acids is 3. The molecule has 4 rings (SSSR count). The molecule has 0 fully saturated rings. The third-order valence-electron chi connectivity index (χ3n) is 10.2. The molecule has 2 atom stereocenters. The van der Waals surface area contributed by atoms with Crippen molar-refractivity contribution >= 4 is 47.3 Å². The Hall–Kier alpha value is -4.35. The molecule has 0 aromatic heterocycles. The molecule has 4 aromatic rings. The summed E-state index contributed by atoms with van der Waals surface area (Å²) in [5, 5.41) is 4.68. The smallest absolute Gasteiger partial charge is 0.339 e. The van der Waals surface area contributed by atoms with E-state index in [1.807, 2.05) is 18.2 Å². The Morgan fingerprint density at radius 3 is 1.75 bits per heavy atom. The van der Waals surface area contributed by atoms with Gasteiger partial charge in [0.05, 0.1) is 0 Å². The molecule has 326 valence electrons. The van der Waals surface area contributed by atoms with Gasteiger partial charge in [-0.1, -0.05) is 130 Å². The van der Waals surface area contributed by atoms with E-state index in [9.17, 15) is 14.4 Å². The van der Waals surface area contributed by atoms with Gasteiger partial charge >= 0.3 is 11.9 Å². The second kappa shape index (κ2) is 21.9. The predicted octanol–water partition coefficient (Wildman–Crippen LogP) is 8.82. The van der Waals surface area contributed by atoms with E-state index in [1.54, 1.807) is 53.5 Å². The first-order valence-corrected chi connectivity index (χ1v) is 23.4. The van der Waals surface area contributed by atoms with Crippen LogP contribution in [0.4, 0.5) is 0 Å². The zero-order chi connectivity index (χ0) is 44.0. The molecule has 0 aliphatic heterocycles. The third-order valence-corrected chi connectivity index (χ3v) is 15.2. The average Bonchev–Trinajstić information content (AvgIpc) is 3.18. The van der Waals surface area contributed by atoms with E-state index in [-0.39, 0.29) is 11.6 Å². The maximum atomic E-state index is 14.3. The molecule has 0 heterocycles. The maximum Gasteiger partial charge on any atom is 0.339 e. The van der Waals surface area contributed by atoms with Gasteiger partial charge in [0.25, 0.3) is 14.2 Å². The quantitative estimate of drug-likeness (QED) is 0.0467. The second-order valence-electron chi connectivity index (χ2n) is 18.6. The number of hydrogen-bond acceptors (Lipinski definition) is 8. The van der Waals surface area contributed by atoms with Gasteiger partial charge in [-0.05, 0) is 105 Å². The number of hydrogen-bond donors (Lipinski definition) is 0. The molecule has 0 spiro atoms. The van der Waals surface area contributed by atoms with Crippen LogP contribution in [0.5, 0.6) is 0 Å². The van der Waals surface area contributed by atoms with E-state index in [4.69, 9.17) is 23.4 Å². The summed E-state index contributed by atoms with van der Waals surface area (Å²) in [6, 6.07) is 35.9. The lowest BCUT2D eigenvalue weighted by Gasteiger charge is -2.43. The highest BCUT2D eigenvalue weighted by atomic mass is 28.4. The van der Waals surface area contributed by atoms with Crippen molar-refractivity contribution in [2.24, 2.45) is 0 Å². The highest BCUT2D eigenvalue weighted by Crippen LogP contribution is 2.37. The summed E-state index contributed by atoms with van der Waals surface area (Å²) in [5.41, 5.74) is -0.364. The van der Waals surface area contributed by atoms with Gasteiger partial charge in [-0.3, -0.25) is 4.79 Å². The number of benzene rings is 4. The Kier molecular flexibility index (Phi) is 17.7. The Morgan fingerprint density at radius 1 is 0.600 bits per heavy atom. The average molecular weight is 840 g/mol. The monoisotopic (exact) mass is 839 g/mol. The lowest BCUT2D eigenvalue weighted by Crippen LogP contribution is -2.66. The summed E-state index contributed by atoms with van der Waals surface area (Å²) in [5.74, 6) is -1.88. The molecule has 0 aliphatic carbocycles. The fourth-order valence-electron chi connectivity index (χ4n) is 7.43. The summed E-state index contributed by atoms with van der Waals surface area (Å²) in [7, 11) is -1.03. The first-order chi connectivity index (χ1) is 28.3. The minimum atomic E-state index is -2.73. The molecule has 9 nitrogen and oxygen atoms in total. The van der Waals surface area contributed by atoms with E-state index in [0.717, 1.165) is 25.7 Å². The standard InChI is InChI=1S/C50H69NO8Si/c1-48(2,3)58-43(52)37-56-45(47(54)59-49(4,5)6)44(46(53)51(10)33-21-13-14-24-38-31-32-39-25-19-20-26-40(39)36-38)55-34-22-23-35-57-60(50(7,8)9,41-27-15-11-16-28-41)42-29-17-12-18-30-42/h11-12,15-20,25-32,36,44-45H,13-14,21-24,33-35,37H2,1-10H3/t44-,45-/m1/s1. The Morgan fingerprint density at radius 2 is 1.17 bits per heavy atom. The van der Waals surface area contributed by atoms with Gasteiger partial charge in [-0.15, -0.1) is 0 Å². The molecule has 60 heavy (non-hydrogen) atoms. The van der Waals surface area contributed by atoms with Crippen LogP contribution in [0.1, 0.15) is 100.0 Å². The molecule has 0 N–H and O–H groups in total. The molecule has 0 bridgehead atoms. The van der Waals surface area contributed by atoms with Crippen LogP contribution in [-0.4, -0.2) is 87.9 Å². The minimum Gasteiger partial charge on any atom is -0.458 e. The van der Waals surface area contributed by atoms with Gasteiger partial charge in [0.2, 0.25) is 0 Å².